The second kappa shape index (κ2) is 7.38. The Kier molecular flexibility index (Phi) is 4.55. The van der Waals surface area contributed by atoms with Crippen molar-refractivity contribution in [2.75, 3.05) is 13.7 Å². The Hall–Kier alpha value is -3.53. The summed E-state index contributed by atoms with van der Waals surface area (Å²) in [6.07, 6.45) is 0.809. The van der Waals surface area contributed by atoms with Gasteiger partial charge in [0.25, 0.3) is 5.91 Å². The summed E-state index contributed by atoms with van der Waals surface area (Å²) < 4.78 is 5.45. The number of aromatic nitrogens is 1. The molecule has 4 aromatic rings. The molecule has 0 fully saturated rings. The minimum absolute atomic E-state index is 0.0584. The average molecular weight is 396 g/mol. The van der Waals surface area contributed by atoms with E-state index in [0.29, 0.717) is 6.54 Å². The van der Waals surface area contributed by atoms with Gasteiger partial charge in [-0.25, -0.2) is 0 Å². The van der Waals surface area contributed by atoms with Crippen molar-refractivity contribution in [2.24, 2.45) is 0 Å². The van der Waals surface area contributed by atoms with Crippen molar-refractivity contribution in [2.45, 2.75) is 19.4 Å². The summed E-state index contributed by atoms with van der Waals surface area (Å²) in [6, 6.07) is 24.0. The highest BCUT2D eigenvalue weighted by atomic mass is 16.5. The van der Waals surface area contributed by atoms with Crippen molar-refractivity contribution in [3.8, 4) is 5.75 Å². The Balaban J connectivity index is 1.67. The fourth-order valence-corrected chi connectivity index (χ4v) is 4.46. The standard InChI is InChI=1S/C26H24N2O2/c1-17-8-10-18(11-9-17)25-24-21(22-16-20(30-2)12-13-23(22)27-24)14-15-28(25)26(29)19-6-4-3-5-7-19/h3-13,16,25,27H,14-15H2,1-2H3. The quantitative estimate of drug-likeness (QED) is 0.513. The van der Waals surface area contributed by atoms with Crippen LogP contribution in [0.15, 0.2) is 72.8 Å². The number of benzene rings is 3. The van der Waals surface area contributed by atoms with E-state index in [4.69, 9.17) is 4.74 Å². The van der Waals surface area contributed by atoms with E-state index in [9.17, 15) is 4.79 Å². The SMILES string of the molecule is COc1ccc2[nH]c3c(c2c1)CCN(C(=O)c1ccccc1)C3c1ccc(C)cc1. The molecule has 1 aromatic heterocycles. The highest BCUT2D eigenvalue weighted by Gasteiger charge is 2.35. The summed E-state index contributed by atoms with van der Waals surface area (Å²) in [7, 11) is 1.69. The molecule has 1 aliphatic rings. The molecule has 4 nitrogen and oxygen atoms in total. The van der Waals surface area contributed by atoms with Crippen molar-refractivity contribution in [1.82, 2.24) is 9.88 Å². The maximum absolute atomic E-state index is 13.5. The molecule has 2 heterocycles. The first-order valence-electron chi connectivity index (χ1n) is 10.3. The number of hydrogen-bond donors (Lipinski definition) is 1. The number of amides is 1. The molecule has 1 N–H and O–H groups in total. The van der Waals surface area contributed by atoms with Crippen LogP contribution in [0.2, 0.25) is 0 Å². The Morgan fingerprint density at radius 1 is 1.03 bits per heavy atom. The number of methoxy groups -OCH3 is 1. The lowest BCUT2D eigenvalue weighted by Crippen LogP contribution is -2.40. The van der Waals surface area contributed by atoms with Crippen LogP contribution in [0.5, 0.6) is 5.75 Å². The maximum atomic E-state index is 13.5. The van der Waals surface area contributed by atoms with Crippen molar-refractivity contribution >= 4 is 16.8 Å². The third-order valence-corrected chi connectivity index (χ3v) is 6.01. The predicted molar refractivity (Wildman–Crippen MR) is 119 cm³/mol. The molecule has 3 aromatic carbocycles. The van der Waals surface area contributed by atoms with Crippen LogP contribution in [0.4, 0.5) is 0 Å². The lowest BCUT2D eigenvalue weighted by atomic mass is 9.91. The molecule has 0 bridgehead atoms. The summed E-state index contributed by atoms with van der Waals surface area (Å²) in [5, 5.41) is 1.17. The Morgan fingerprint density at radius 3 is 2.53 bits per heavy atom. The minimum Gasteiger partial charge on any atom is -0.497 e. The number of hydrogen-bond acceptors (Lipinski definition) is 2. The Labute approximate surface area is 176 Å². The zero-order chi connectivity index (χ0) is 20.7. The van der Waals surface area contributed by atoms with Crippen LogP contribution in [-0.4, -0.2) is 29.4 Å². The third-order valence-electron chi connectivity index (χ3n) is 6.01. The summed E-state index contributed by atoms with van der Waals surface area (Å²) in [5.74, 6) is 0.905. The third kappa shape index (κ3) is 3.05. The largest absolute Gasteiger partial charge is 0.497 e. The van der Waals surface area contributed by atoms with E-state index in [2.05, 4.69) is 48.3 Å². The molecule has 0 saturated carbocycles. The minimum atomic E-state index is -0.152. The molecule has 1 atom stereocenters. The van der Waals surface area contributed by atoms with E-state index in [1.807, 2.05) is 41.3 Å². The molecule has 5 rings (SSSR count). The molecule has 1 aliphatic heterocycles. The number of nitrogens with zero attached hydrogens (tertiary/aromatic N) is 1. The van der Waals surface area contributed by atoms with Crippen molar-refractivity contribution in [1.29, 1.82) is 0 Å². The van der Waals surface area contributed by atoms with Gasteiger partial charge >= 0.3 is 0 Å². The lowest BCUT2D eigenvalue weighted by Gasteiger charge is -2.36. The molecule has 1 amide bonds. The van der Waals surface area contributed by atoms with E-state index in [1.54, 1.807) is 7.11 Å². The van der Waals surface area contributed by atoms with Gasteiger partial charge in [0.05, 0.1) is 13.2 Å². The van der Waals surface area contributed by atoms with Crippen molar-refractivity contribution in [3.63, 3.8) is 0 Å². The van der Waals surface area contributed by atoms with Crippen LogP contribution in [0.1, 0.15) is 38.8 Å². The number of aromatic amines is 1. The summed E-state index contributed by atoms with van der Waals surface area (Å²) >= 11 is 0. The summed E-state index contributed by atoms with van der Waals surface area (Å²) in [5.41, 5.74) is 6.48. The van der Waals surface area contributed by atoms with Crippen LogP contribution < -0.4 is 4.74 Å². The Bertz CT molecular complexity index is 1210. The van der Waals surface area contributed by atoms with Crippen molar-refractivity contribution < 1.29 is 9.53 Å². The number of aryl methyl sites for hydroxylation is 1. The molecule has 1 unspecified atom stereocenters. The first-order valence-corrected chi connectivity index (χ1v) is 10.3. The highest BCUT2D eigenvalue weighted by molar-refractivity contribution is 5.95. The van der Waals surface area contributed by atoms with Crippen LogP contribution >= 0.6 is 0 Å². The van der Waals surface area contributed by atoms with E-state index < -0.39 is 0 Å². The lowest BCUT2D eigenvalue weighted by molar-refractivity contribution is 0.0692. The van der Waals surface area contributed by atoms with Gasteiger partial charge in [0.2, 0.25) is 0 Å². The van der Waals surface area contributed by atoms with Crippen LogP contribution in [0.25, 0.3) is 10.9 Å². The number of carbonyl (C=O) groups excluding carboxylic acids is 1. The highest BCUT2D eigenvalue weighted by Crippen LogP contribution is 2.40. The van der Waals surface area contributed by atoms with Gasteiger partial charge in [-0.05, 0) is 54.8 Å². The molecule has 4 heteroatoms. The molecule has 0 radical (unpaired) electrons. The van der Waals surface area contributed by atoms with Gasteiger partial charge in [-0.1, -0.05) is 48.0 Å². The number of H-pyrrole nitrogens is 1. The van der Waals surface area contributed by atoms with E-state index in [0.717, 1.165) is 34.5 Å². The van der Waals surface area contributed by atoms with Crippen molar-refractivity contribution in [3.05, 3.63) is 101 Å². The van der Waals surface area contributed by atoms with Crippen LogP contribution in [0, 0.1) is 6.92 Å². The van der Waals surface area contributed by atoms with E-state index in [1.165, 1.54) is 16.5 Å². The first kappa shape index (κ1) is 18.5. The topological polar surface area (TPSA) is 45.3 Å². The maximum Gasteiger partial charge on any atom is 0.254 e. The van der Waals surface area contributed by atoms with Crippen LogP contribution in [0.3, 0.4) is 0 Å². The monoisotopic (exact) mass is 396 g/mol. The average Bonchev–Trinajstić information content (AvgIpc) is 3.17. The van der Waals surface area contributed by atoms with Gasteiger partial charge in [0.1, 0.15) is 5.75 Å². The zero-order valence-electron chi connectivity index (χ0n) is 17.2. The number of carbonyl (C=O) groups is 1. The number of fused-ring (bicyclic) bond motifs is 3. The summed E-state index contributed by atoms with van der Waals surface area (Å²) in [4.78, 5) is 19.1. The molecule has 0 spiro atoms. The number of ether oxygens (including phenoxy) is 1. The van der Waals surface area contributed by atoms with Gasteiger partial charge in [-0.2, -0.15) is 0 Å². The fraction of sp³-hybridized carbons (Fsp3) is 0.192. The zero-order valence-corrected chi connectivity index (χ0v) is 17.2. The molecule has 0 saturated heterocycles. The van der Waals surface area contributed by atoms with Gasteiger partial charge < -0.3 is 14.6 Å². The first-order chi connectivity index (χ1) is 14.7. The molecule has 150 valence electrons. The normalized spacial score (nSPS) is 15.8. The smallest absolute Gasteiger partial charge is 0.254 e. The second-order valence-electron chi connectivity index (χ2n) is 7.86. The van der Waals surface area contributed by atoms with Crippen LogP contribution in [-0.2, 0) is 6.42 Å². The summed E-state index contributed by atoms with van der Waals surface area (Å²) in [6.45, 7) is 2.75. The van der Waals surface area contributed by atoms with Gasteiger partial charge in [0, 0.05) is 28.7 Å². The number of rotatable bonds is 3. The van der Waals surface area contributed by atoms with E-state index >= 15 is 0 Å². The van der Waals surface area contributed by atoms with Gasteiger partial charge in [0.15, 0.2) is 0 Å². The molecule has 30 heavy (non-hydrogen) atoms. The van der Waals surface area contributed by atoms with E-state index in [-0.39, 0.29) is 11.9 Å². The van der Waals surface area contributed by atoms with Gasteiger partial charge in [-0.3, -0.25) is 4.79 Å². The van der Waals surface area contributed by atoms with Gasteiger partial charge in [-0.15, -0.1) is 0 Å². The fourth-order valence-electron chi connectivity index (χ4n) is 4.46. The molecule has 0 aliphatic carbocycles. The Morgan fingerprint density at radius 2 is 1.80 bits per heavy atom. The molecular weight excluding hydrogens is 372 g/mol. The number of nitrogens with one attached hydrogen (secondary N) is 1. The second-order valence-corrected chi connectivity index (χ2v) is 7.86. The predicted octanol–water partition coefficient (Wildman–Crippen LogP) is 5.27. The molecular formula is C26H24N2O2.